The lowest BCUT2D eigenvalue weighted by atomic mass is 10.1. The zero-order chi connectivity index (χ0) is 12.3. The number of carbonyl (C=O) groups excluding carboxylic acids is 1. The molecule has 0 aliphatic carbocycles. The highest BCUT2D eigenvalue weighted by molar-refractivity contribution is 5.98. The number of hydrogen-bond donors (Lipinski definition) is 2. The summed E-state index contributed by atoms with van der Waals surface area (Å²) in [5.74, 6) is -0.00127. The Hall–Kier alpha value is -1.66. The summed E-state index contributed by atoms with van der Waals surface area (Å²) in [5, 5.41) is 9.21. The molecule has 1 unspecified atom stereocenters. The maximum Gasteiger partial charge on any atom is 0.258 e. The van der Waals surface area contributed by atoms with Crippen molar-refractivity contribution < 1.29 is 14.6 Å². The van der Waals surface area contributed by atoms with Gasteiger partial charge in [0.2, 0.25) is 0 Å². The Morgan fingerprint density at radius 3 is 3.24 bits per heavy atom. The molecule has 1 aromatic heterocycles. The number of nitrogen functional groups attached to an aromatic ring is 1. The molecule has 6 heteroatoms. The van der Waals surface area contributed by atoms with Crippen molar-refractivity contribution in [3.05, 3.63) is 23.9 Å². The lowest BCUT2D eigenvalue weighted by molar-refractivity contribution is -0.0183. The molecule has 1 aliphatic rings. The van der Waals surface area contributed by atoms with Crippen LogP contribution in [0.2, 0.25) is 0 Å². The standard InChI is InChI=1S/C11H15N3O3/c12-10-9(2-1-3-13-10)11(16)14-4-5-17-7-8(14)6-15/h1-3,8,15H,4-7H2,(H2,12,13). The molecule has 1 aromatic rings. The van der Waals surface area contributed by atoms with E-state index in [1.807, 2.05) is 0 Å². The summed E-state index contributed by atoms with van der Waals surface area (Å²) in [6.07, 6.45) is 1.54. The maximum atomic E-state index is 12.2. The Kier molecular flexibility index (Phi) is 3.55. The summed E-state index contributed by atoms with van der Waals surface area (Å²) in [7, 11) is 0. The molecule has 3 N–H and O–H groups in total. The van der Waals surface area contributed by atoms with E-state index in [9.17, 15) is 9.90 Å². The second-order valence-corrected chi connectivity index (χ2v) is 3.85. The Morgan fingerprint density at radius 1 is 1.71 bits per heavy atom. The highest BCUT2D eigenvalue weighted by Crippen LogP contribution is 2.15. The third-order valence-corrected chi connectivity index (χ3v) is 2.77. The molecule has 0 saturated carbocycles. The van der Waals surface area contributed by atoms with Gasteiger partial charge in [-0.1, -0.05) is 0 Å². The average Bonchev–Trinajstić information content (AvgIpc) is 2.38. The molecule has 1 amide bonds. The second kappa shape index (κ2) is 5.11. The second-order valence-electron chi connectivity index (χ2n) is 3.85. The number of morpholine rings is 1. The smallest absolute Gasteiger partial charge is 0.258 e. The minimum Gasteiger partial charge on any atom is -0.394 e. The minimum atomic E-state index is -0.309. The monoisotopic (exact) mass is 237 g/mol. The zero-order valence-electron chi connectivity index (χ0n) is 9.37. The van der Waals surface area contributed by atoms with Crippen LogP contribution in [0.4, 0.5) is 5.82 Å². The van der Waals surface area contributed by atoms with Crippen molar-refractivity contribution in [3.8, 4) is 0 Å². The topological polar surface area (TPSA) is 88.7 Å². The number of hydrogen-bond acceptors (Lipinski definition) is 5. The van der Waals surface area contributed by atoms with Crippen molar-refractivity contribution in [2.24, 2.45) is 0 Å². The van der Waals surface area contributed by atoms with Gasteiger partial charge in [-0.15, -0.1) is 0 Å². The zero-order valence-corrected chi connectivity index (χ0v) is 9.37. The largest absolute Gasteiger partial charge is 0.394 e. The van der Waals surface area contributed by atoms with Crippen molar-refractivity contribution >= 4 is 11.7 Å². The van der Waals surface area contributed by atoms with Crippen molar-refractivity contribution in [1.82, 2.24) is 9.88 Å². The van der Waals surface area contributed by atoms with Gasteiger partial charge in [0, 0.05) is 12.7 Å². The van der Waals surface area contributed by atoms with E-state index in [0.29, 0.717) is 25.3 Å². The predicted molar refractivity (Wildman–Crippen MR) is 61.4 cm³/mol. The number of aliphatic hydroxyl groups is 1. The van der Waals surface area contributed by atoms with Gasteiger partial charge in [-0.05, 0) is 12.1 Å². The molecule has 6 nitrogen and oxygen atoms in total. The van der Waals surface area contributed by atoms with E-state index < -0.39 is 0 Å². The summed E-state index contributed by atoms with van der Waals surface area (Å²) in [6, 6.07) is 2.99. The Bertz CT molecular complexity index is 411. The van der Waals surface area contributed by atoms with E-state index in [-0.39, 0.29) is 24.4 Å². The number of ether oxygens (including phenoxy) is 1. The van der Waals surface area contributed by atoms with Crippen molar-refractivity contribution in [3.63, 3.8) is 0 Å². The van der Waals surface area contributed by atoms with Gasteiger partial charge in [0.15, 0.2) is 0 Å². The SMILES string of the molecule is Nc1ncccc1C(=O)N1CCOCC1CO. The van der Waals surface area contributed by atoms with E-state index in [2.05, 4.69) is 4.98 Å². The van der Waals surface area contributed by atoms with Crippen molar-refractivity contribution in [2.45, 2.75) is 6.04 Å². The van der Waals surface area contributed by atoms with E-state index in [0.717, 1.165) is 0 Å². The Balaban J connectivity index is 2.21. The van der Waals surface area contributed by atoms with Gasteiger partial charge in [-0.2, -0.15) is 0 Å². The lowest BCUT2D eigenvalue weighted by Crippen LogP contribution is -2.50. The fourth-order valence-corrected chi connectivity index (χ4v) is 1.83. The Morgan fingerprint density at radius 2 is 2.53 bits per heavy atom. The van der Waals surface area contributed by atoms with Gasteiger partial charge < -0.3 is 20.5 Å². The summed E-state index contributed by atoms with van der Waals surface area (Å²) in [6.45, 7) is 1.16. The van der Waals surface area contributed by atoms with Crippen LogP contribution in [0.1, 0.15) is 10.4 Å². The van der Waals surface area contributed by atoms with E-state index in [1.54, 1.807) is 17.0 Å². The summed E-state index contributed by atoms with van der Waals surface area (Å²) in [5.41, 5.74) is 6.03. The first kappa shape index (κ1) is 11.8. The number of anilines is 1. The summed E-state index contributed by atoms with van der Waals surface area (Å²) < 4.78 is 5.22. The summed E-state index contributed by atoms with van der Waals surface area (Å²) in [4.78, 5) is 17.7. The number of aromatic nitrogens is 1. The molecule has 1 atom stereocenters. The van der Waals surface area contributed by atoms with Crippen molar-refractivity contribution in [2.75, 3.05) is 32.1 Å². The van der Waals surface area contributed by atoms with E-state index in [4.69, 9.17) is 10.5 Å². The van der Waals surface area contributed by atoms with Crippen LogP contribution in [0.3, 0.4) is 0 Å². The molecule has 2 heterocycles. The van der Waals surface area contributed by atoms with Crippen molar-refractivity contribution in [1.29, 1.82) is 0 Å². The number of nitrogens with zero attached hydrogens (tertiary/aromatic N) is 2. The van der Waals surface area contributed by atoms with Crippen LogP contribution >= 0.6 is 0 Å². The Labute approximate surface area is 99.0 Å². The number of carbonyl (C=O) groups is 1. The molecule has 0 aromatic carbocycles. The number of amides is 1. The third-order valence-electron chi connectivity index (χ3n) is 2.77. The van der Waals surface area contributed by atoms with E-state index >= 15 is 0 Å². The van der Waals surface area contributed by atoms with Gasteiger partial charge in [0.25, 0.3) is 5.91 Å². The molecule has 17 heavy (non-hydrogen) atoms. The highest BCUT2D eigenvalue weighted by Gasteiger charge is 2.28. The molecule has 1 aliphatic heterocycles. The van der Waals surface area contributed by atoms with Crippen LogP contribution < -0.4 is 5.73 Å². The number of pyridine rings is 1. The molecular formula is C11H15N3O3. The molecule has 2 rings (SSSR count). The first-order valence-corrected chi connectivity index (χ1v) is 5.44. The van der Waals surface area contributed by atoms with Crippen LogP contribution in [0.15, 0.2) is 18.3 Å². The molecule has 0 bridgehead atoms. The molecule has 1 fully saturated rings. The fourth-order valence-electron chi connectivity index (χ4n) is 1.83. The van der Waals surface area contributed by atoms with Crippen LogP contribution in [-0.2, 0) is 4.74 Å². The van der Waals surface area contributed by atoms with Gasteiger partial charge in [0.05, 0.1) is 31.4 Å². The average molecular weight is 237 g/mol. The van der Waals surface area contributed by atoms with Crippen LogP contribution in [-0.4, -0.2) is 53.3 Å². The first-order valence-electron chi connectivity index (χ1n) is 5.44. The number of nitrogens with two attached hydrogens (primary N) is 1. The van der Waals surface area contributed by atoms with Crippen LogP contribution in [0.25, 0.3) is 0 Å². The minimum absolute atomic E-state index is 0.119. The predicted octanol–water partition coefficient (Wildman–Crippen LogP) is -0.503. The lowest BCUT2D eigenvalue weighted by Gasteiger charge is -2.34. The molecule has 1 saturated heterocycles. The van der Waals surface area contributed by atoms with Gasteiger partial charge in [-0.25, -0.2) is 4.98 Å². The molecular weight excluding hydrogens is 222 g/mol. The summed E-state index contributed by atoms with van der Waals surface area (Å²) >= 11 is 0. The molecule has 0 radical (unpaired) electrons. The normalized spacial score (nSPS) is 20.3. The quantitative estimate of drug-likeness (QED) is 0.723. The van der Waals surface area contributed by atoms with Crippen LogP contribution in [0.5, 0.6) is 0 Å². The third kappa shape index (κ3) is 2.37. The number of aliphatic hydroxyl groups excluding tert-OH is 1. The first-order chi connectivity index (χ1) is 8.24. The van der Waals surface area contributed by atoms with E-state index in [1.165, 1.54) is 6.20 Å². The van der Waals surface area contributed by atoms with Gasteiger partial charge in [-0.3, -0.25) is 4.79 Å². The van der Waals surface area contributed by atoms with Gasteiger partial charge >= 0.3 is 0 Å². The van der Waals surface area contributed by atoms with Crippen LogP contribution in [0, 0.1) is 0 Å². The molecule has 0 spiro atoms. The highest BCUT2D eigenvalue weighted by atomic mass is 16.5. The number of rotatable bonds is 2. The van der Waals surface area contributed by atoms with Gasteiger partial charge in [0.1, 0.15) is 5.82 Å². The molecule has 92 valence electrons. The fraction of sp³-hybridized carbons (Fsp3) is 0.455. The maximum absolute atomic E-state index is 12.2.